The minimum atomic E-state index is 0.00212. The van der Waals surface area contributed by atoms with Gasteiger partial charge < -0.3 is 5.32 Å². The van der Waals surface area contributed by atoms with Crippen molar-refractivity contribution in [2.24, 2.45) is 5.92 Å². The molecule has 1 N–H and O–H groups in total. The molecule has 0 fully saturated rings. The van der Waals surface area contributed by atoms with Crippen LogP contribution in [0.1, 0.15) is 37.0 Å². The maximum atomic E-state index is 12.0. The first-order valence-electron chi connectivity index (χ1n) is 5.81. The van der Waals surface area contributed by atoms with Crippen LogP contribution in [0, 0.1) is 9.49 Å². The lowest BCUT2D eigenvalue weighted by atomic mass is 10.0. The maximum absolute atomic E-state index is 12.0. The van der Waals surface area contributed by atoms with E-state index in [9.17, 15) is 4.79 Å². The Hall–Kier alpha value is -0.100. The number of carbonyl (C=O) groups is 1. The van der Waals surface area contributed by atoms with Gasteiger partial charge in [0.25, 0.3) is 5.91 Å². The number of benzene rings is 1. The number of amides is 1. The minimum Gasteiger partial charge on any atom is -0.352 e. The molecule has 0 aliphatic carbocycles. The summed E-state index contributed by atoms with van der Waals surface area (Å²) < 4.78 is 1.92. The smallest absolute Gasteiger partial charge is 0.252 e. The molecule has 0 aliphatic rings. The molecule has 0 radical (unpaired) electrons. The van der Waals surface area contributed by atoms with Gasteiger partial charge in [-0.25, -0.2) is 0 Å². The molecular formula is C13H17BrINO. The van der Waals surface area contributed by atoms with Gasteiger partial charge in [-0.3, -0.25) is 4.79 Å². The van der Waals surface area contributed by atoms with Crippen molar-refractivity contribution in [2.75, 3.05) is 6.54 Å². The van der Waals surface area contributed by atoms with Crippen molar-refractivity contribution in [1.82, 2.24) is 5.32 Å². The van der Waals surface area contributed by atoms with Gasteiger partial charge in [-0.1, -0.05) is 26.7 Å². The zero-order valence-electron chi connectivity index (χ0n) is 10.1. The highest BCUT2D eigenvalue weighted by Gasteiger charge is 2.11. The average molecular weight is 410 g/mol. The van der Waals surface area contributed by atoms with Crippen molar-refractivity contribution in [2.45, 2.75) is 26.7 Å². The highest BCUT2D eigenvalue weighted by molar-refractivity contribution is 14.1. The van der Waals surface area contributed by atoms with E-state index >= 15 is 0 Å². The molecule has 0 atom stereocenters. The lowest BCUT2D eigenvalue weighted by Crippen LogP contribution is -2.29. The summed E-state index contributed by atoms with van der Waals surface area (Å²) in [6, 6.07) is 5.78. The summed E-state index contributed by atoms with van der Waals surface area (Å²) in [6.07, 6.45) is 2.20. The summed E-state index contributed by atoms with van der Waals surface area (Å²) in [7, 11) is 0. The normalized spacial score (nSPS) is 10.6. The number of hydrogen-bond acceptors (Lipinski definition) is 1. The molecule has 4 heteroatoms. The molecule has 0 aromatic heterocycles. The van der Waals surface area contributed by atoms with E-state index in [1.54, 1.807) is 0 Å². The van der Waals surface area contributed by atoms with Crippen LogP contribution in [0.3, 0.4) is 0 Å². The van der Waals surface area contributed by atoms with E-state index in [4.69, 9.17) is 0 Å². The molecule has 17 heavy (non-hydrogen) atoms. The molecule has 1 rings (SSSR count). The Balaban J connectivity index is 2.66. The summed E-state index contributed by atoms with van der Waals surface area (Å²) in [4.78, 5) is 12.0. The van der Waals surface area contributed by atoms with Crippen LogP contribution in [-0.4, -0.2) is 12.5 Å². The number of nitrogens with one attached hydrogen (secondary N) is 1. The molecule has 0 bridgehead atoms. The van der Waals surface area contributed by atoms with E-state index in [2.05, 4.69) is 57.7 Å². The Labute approximate surface area is 125 Å². The number of carbonyl (C=O) groups excluding carboxylic acids is 1. The average Bonchev–Trinajstić information content (AvgIpc) is 2.33. The third-order valence-electron chi connectivity index (χ3n) is 2.88. The molecule has 1 aromatic rings. The predicted molar refractivity (Wildman–Crippen MR) is 83.3 cm³/mol. The lowest BCUT2D eigenvalue weighted by Gasteiger charge is -2.13. The van der Waals surface area contributed by atoms with Crippen molar-refractivity contribution in [3.05, 3.63) is 31.8 Å². The lowest BCUT2D eigenvalue weighted by molar-refractivity contribution is 0.0945. The van der Waals surface area contributed by atoms with Crippen molar-refractivity contribution in [1.29, 1.82) is 0 Å². The van der Waals surface area contributed by atoms with Crippen LogP contribution in [0.2, 0.25) is 0 Å². The fourth-order valence-electron chi connectivity index (χ4n) is 1.58. The zero-order chi connectivity index (χ0) is 12.8. The maximum Gasteiger partial charge on any atom is 0.252 e. The highest BCUT2D eigenvalue weighted by atomic mass is 127. The van der Waals surface area contributed by atoms with Gasteiger partial charge in [0, 0.05) is 14.6 Å². The third kappa shape index (κ3) is 4.58. The first-order valence-corrected chi connectivity index (χ1v) is 7.68. The van der Waals surface area contributed by atoms with E-state index in [1.807, 2.05) is 18.2 Å². The minimum absolute atomic E-state index is 0.00212. The Morgan fingerprint density at radius 1 is 1.41 bits per heavy atom. The highest BCUT2D eigenvalue weighted by Crippen LogP contribution is 2.19. The van der Waals surface area contributed by atoms with Gasteiger partial charge in [-0.2, -0.15) is 0 Å². The molecule has 1 aromatic carbocycles. The van der Waals surface area contributed by atoms with Crippen LogP contribution in [-0.2, 0) is 0 Å². The van der Waals surface area contributed by atoms with Gasteiger partial charge in [0.15, 0.2) is 0 Å². The molecule has 0 saturated carbocycles. The standard InChI is InChI=1S/C13H17BrINO/c1-3-9(4-2)8-16-13(17)11-7-10(15)5-6-12(11)14/h5-7,9H,3-4,8H2,1-2H3,(H,16,17). The quantitative estimate of drug-likeness (QED) is 0.724. The van der Waals surface area contributed by atoms with Gasteiger partial charge in [0.05, 0.1) is 5.56 Å². The molecule has 94 valence electrons. The van der Waals surface area contributed by atoms with Crippen molar-refractivity contribution in [3.63, 3.8) is 0 Å². The monoisotopic (exact) mass is 409 g/mol. The zero-order valence-corrected chi connectivity index (χ0v) is 13.8. The van der Waals surface area contributed by atoms with E-state index < -0.39 is 0 Å². The summed E-state index contributed by atoms with van der Waals surface area (Å²) in [5, 5.41) is 3.00. The van der Waals surface area contributed by atoms with Crippen molar-refractivity contribution < 1.29 is 4.79 Å². The topological polar surface area (TPSA) is 29.1 Å². The van der Waals surface area contributed by atoms with Crippen LogP contribution in [0.15, 0.2) is 22.7 Å². The van der Waals surface area contributed by atoms with Gasteiger partial charge in [0.2, 0.25) is 0 Å². The molecule has 0 aliphatic heterocycles. The number of rotatable bonds is 5. The SMILES string of the molecule is CCC(CC)CNC(=O)c1cc(I)ccc1Br. The van der Waals surface area contributed by atoms with Crippen LogP contribution in [0.5, 0.6) is 0 Å². The van der Waals surface area contributed by atoms with Crippen LogP contribution in [0.4, 0.5) is 0 Å². The fourth-order valence-corrected chi connectivity index (χ4v) is 2.50. The molecule has 0 heterocycles. The Morgan fingerprint density at radius 2 is 2.06 bits per heavy atom. The molecule has 1 amide bonds. The van der Waals surface area contributed by atoms with Crippen molar-refractivity contribution >= 4 is 44.4 Å². The van der Waals surface area contributed by atoms with E-state index in [1.165, 1.54) is 0 Å². The first kappa shape index (κ1) is 15.0. The Kier molecular flexibility index (Phi) is 6.48. The Morgan fingerprint density at radius 3 is 2.65 bits per heavy atom. The summed E-state index contributed by atoms with van der Waals surface area (Å²) in [5.74, 6) is 0.572. The van der Waals surface area contributed by atoms with E-state index in [-0.39, 0.29) is 5.91 Å². The van der Waals surface area contributed by atoms with E-state index in [0.717, 1.165) is 27.4 Å². The summed E-state index contributed by atoms with van der Waals surface area (Å²) in [6.45, 7) is 5.06. The summed E-state index contributed by atoms with van der Waals surface area (Å²) >= 11 is 5.62. The fraction of sp³-hybridized carbons (Fsp3) is 0.462. The molecule has 0 saturated heterocycles. The second kappa shape index (κ2) is 7.36. The molecule has 0 spiro atoms. The van der Waals surface area contributed by atoms with Crippen molar-refractivity contribution in [3.8, 4) is 0 Å². The second-order valence-electron chi connectivity index (χ2n) is 4.02. The van der Waals surface area contributed by atoms with Gasteiger partial charge in [-0.15, -0.1) is 0 Å². The second-order valence-corrected chi connectivity index (χ2v) is 6.12. The van der Waals surface area contributed by atoms with Gasteiger partial charge in [0.1, 0.15) is 0 Å². The molecule has 2 nitrogen and oxygen atoms in total. The van der Waals surface area contributed by atoms with Gasteiger partial charge >= 0.3 is 0 Å². The van der Waals surface area contributed by atoms with E-state index in [0.29, 0.717) is 11.5 Å². The molecular weight excluding hydrogens is 393 g/mol. The predicted octanol–water partition coefficient (Wildman–Crippen LogP) is 4.22. The molecule has 0 unspecified atom stereocenters. The largest absolute Gasteiger partial charge is 0.352 e. The van der Waals surface area contributed by atoms with Crippen LogP contribution in [0.25, 0.3) is 0 Å². The first-order chi connectivity index (χ1) is 8.08. The van der Waals surface area contributed by atoms with Crippen LogP contribution >= 0.6 is 38.5 Å². The number of hydrogen-bond donors (Lipinski definition) is 1. The summed E-state index contributed by atoms with van der Waals surface area (Å²) in [5.41, 5.74) is 0.711. The van der Waals surface area contributed by atoms with Crippen LogP contribution < -0.4 is 5.32 Å². The Bertz CT molecular complexity index is 391. The third-order valence-corrected chi connectivity index (χ3v) is 4.24. The van der Waals surface area contributed by atoms with Gasteiger partial charge in [-0.05, 0) is 62.6 Å². The number of halogens is 2.